The van der Waals surface area contributed by atoms with Gasteiger partial charge >= 0.3 is 37.9 Å². The second-order valence-corrected chi connectivity index (χ2v) is 16.1. The Kier molecular flexibility index (Phi) is 12.0. The third-order valence-electron chi connectivity index (χ3n) is 8.31. The first kappa shape index (κ1) is 32.8. The molecule has 2 radical (unpaired) electrons. The molecule has 6 aromatic rings. The number of aryl methyl sites for hydroxylation is 1. The summed E-state index contributed by atoms with van der Waals surface area (Å²) in [5, 5.41) is 5.60. The van der Waals surface area contributed by atoms with Crippen LogP contribution < -0.4 is 10.4 Å². The van der Waals surface area contributed by atoms with Crippen molar-refractivity contribution in [2.24, 2.45) is 0 Å². The van der Waals surface area contributed by atoms with Crippen LogP contribution in [0.2, 0.25) is 0 Å². The van der Waals surface area contributed by atoms with Crippen LogP contribution in [0.4, 0.5) is 0 Å². The van der Waals surface area contributed by atoms with Crippen molar-refractivity contribution in [3.63, 3.8) is 0 Å². The quantitative estimate of drug-likeness (QED) is 0.119. The molecule has 4 heteroatoms. The molecule has 0 bridgehead atoms. The summed E-state index contributed by atoms with van der Waals surface area (Å²) in [6, 6.07) is 47.3. The summed E-state index contributed by atoms with van der Waals surface area (Å²) in [6.45, 7) is 6.88. The Morgan fingerprint density at radius 2 is 1.43 bits per heavy atom. The van der Waals surface area contributed by atoms with Gasteiger partial charge < -0.3 is 0 Å². The molecular formula is C40H36Cl2SiZr. The van der Waals surface area contributed by atoms with Crippen LogP contribution in [-0.4, -0.2) is 9.52 Å². The number of halogens is 2. The average Bonchev–Trinajstić information content (AvgIpc) is 3.68. The molecule has 1 aliphatic rings. The maximum absolute atomic E-state index is 4.93. The number of fused-ring (bicyclic) bond motifs is 4. The van der Waals surface area contributed by atoms with Crippen molar-refractivity contribution in [1.29, 1.82) is 0 Å². The van der Waals surface area contributed by atoms with Gasteiger partial charge in [0, 0.05) is 0 Å². The van der Waals surface area contributed by atoms with E-state index in [0.29, 0.717) is 5.92 Å². The van der Waals surface area contributed by atoms with Gasteiger partial charge in [0.25, 0.3) is 0 Å². The van der Waals surface area contributed by atoms with E-state index in [9.17, 15) is 0 Å². The normalized spacial score (nSPS) is 11.8. The van der Waals surface area contributed by atoms with Crippen molar-refractivity contribution in [3.8, 4) is 33.4 Å². The Labute approximate surface area is 284 Å². The van der Waals surface area contributed by atoms with Gasteiger partial charge in [0.2, 0.25) is 0 Å². The second-order valence-electron chi connectivity index (χ2n) is 11.1. The zero-order chi connectivity index (χ0) is 30.9. The Balaban J connectivity index is 0.000000198. The fourth-order valence-electron chi connectivity index (χ4n) is 5.96. The number of hydrogen-bond donors (Lipinski definition) is 0. The SMILES string of the molecule is CCCc1ccc2[cH-]c(C(C)CC)cc2c1-c1ccccc1-c1ccccc1.[Cl][Zr+2][Cl].[c-]1cccc2c1[Si]c1ccccc1-2. The molecule has 0 saturated carbocycles. The maximum Gasteiger partial charge on any atom is 0.0920 e. The minimum absolute atomic E-state index is 0.597. The molecular weight excluding hydrogens is 671 g/mol. The van der Waals surface area contributed by atoms with Crippen LogP contribution in [-0.2, 0) is 27.3 Å². The topological polar surface area (TPSA) is 0 Å². The molecule has 1 heterocycles. The van der Waals surface area contributed by atoms with Gasteiger partial charge in [0.05, 0.1) is 9.52 Å². The third kappa shape index (κ3) is 7.43. The van der Waals surface area contributed by atoms with Gasteiger partial charge in [-0.3, -0.25) is 0 Å². The monoisotopic (exact) mass is 704 g/mol. The zero-order valence-corrected chi connectivity index (χ0v) is 30.5. The first-order valence-corrected chi connectivity index (χ1v) is 22.6. The van der Waals surface area contributed by atoms with Crippen LogP contribution in [0, 0.1) is 6.07 Å². The van der Waals surface area contributed by atoms with Gasteiger partial charge in [-0.2, -0.15) is 35.5 Å². The minimum Gasteiger partial charge on any atom is -0.184 e. The first-order chi connectivity index (χ1) is 21.6. The van der Waals surface area contributed by atoms with Gasteiger partial charge in [-0.15, -0.1) is 40.1 Å². The fourth-order valence-corrected chi connectivity index (χ4v) is 7.27. The van der Waals surface area contributed by atoms with E-state index in [0.717, 1.165) is 22.4 Å². The van der Waals surface area contributed by atoms with Crippen molar-refractivity contribution in [1.82, 2.24) is 0 Å². The Hall–Kier alpha value is -2.61. The summed E-state index contributed by atoms with van der Waals surface area (Å²) >= 11 is -0.826. The van der Waals surface area contributed by atoms with E-state index >= 15 is 0 Å². The fraction of sp³-hybridized carbons (Fsp3) is 0.175. The minimum atomic E-state index is -0.826. The predicted octanol–water partition coefficient (Wildman–Crippen LogP) is 10.9. The van der Waals surface area contributed by atoms with Gasteiger partial charge in [-0.25, -0.2) is 0 Å². The molecule has 218 valence electrons. The molecule has 44 heavy (non-hydrogen) atoms. The molecule has 1 aliphatic heterocycles. The van der Waals surface area contributed by atoms with E-state index in [1.54, 1.807) is 0 Å². The van der Waals surface area contributed by atoms with Gasteiger partial charge in [0.15, 0.2) is 0 Å². The number of benzene rings is 5. The molecule has 0 amide bonds. The van der Waals surface area contributed by atoms with E-state index in [2.05, 4.69) is 142 Å². The van der Waals surface area contributed by atoms with Gasteiger partial charge in [-0.05, 0) is 29.0 Å². The van der Waals surface area contributed by atoms with E-state index in [-0.39, 0.29) is 0 Å². The predicted molar refractivity (Wildman–Crippen MR) is 191 cm³/mol. The van der Waals surface area contributed by atoms with E-state index in [1.807, 2.05) is 6.07 Å². The number of rotatable bonds is 6. The molecule has 0 fully saturated rings. The largest absolute Gasteiger partial charge is 0.184 e. The first-order valence-electron chi connectivity index (χ1n) is 15.3. The molecule has 1 atom stereocenters. The van der Waals surface area contributed by atoms with Crippen LogP contribution >= 0.6 is 17.0 Å². The second kappa shape index (κ2) is 16.1. The van der Waals surface area contributed by atoms with Crippen LogP contribution in [0.25, 0.3) is 44.2 Å². The van der Waals surface area contributed by atoms with Crippen LogP contribution in [0.5, 0.6) is 0 Å². The standard InChI is InChI=1S/C28H29.C12H7Si.2ClH.Zr/c1-4-11-22-16-17-23-18-24(20(3)5-2)19-27(23)28(22)26-15-10-9-14-25(26)21-12-7-6-8-13-21;1-3-7-11-9(5-1)10-6-2-4-8-12(10)13-11;;;/h6-10,12-20H,4-5,11H2,1-3H3;1-7H;2*1H;/q2*-1;;;+4/p-2. The molecule has 0 N–H and O–H groups in total. The molecule has 0 aromatic heterocycles. The van der Waals surface area contributed by atoms with Crippen LogP contribution in [0.1, 0.15) is 50.7 Å². The van der Waals surface area contributed by atoms with Crippen LogP contribution in [0.15, 0.2) is 121 Å². The van der Waals surface area contributed by atoms with Crippen molar-refractivity contribution >= 4 is 47.7 Å². The Morgan fingerprint density at radius 3 is 2.16 bits per heavy atom. The molecule has 7 rings (SSSR count). The van der Waals surface area contributed by atoms with E-state index in [4.69, 9.17) is 17.0 Å². The summed E-state index contributed by atoms with van der Waals surface area (Å²) < 4.78 is 0. The van der Waals surface area contributed by atoms with Crippen molar-refractivity contribution in [2.75, 3.05) is 0 Å². The van der Waals surface area contributed by atoms with Gasteiger partial charge in [-0.1, -0.05) is 134 Å². The summed E-state index contributed by atoms with van der Waals surface area (Å²) in [7, 11) is 10.7. The van der Waals surface area contributed by atoms with Crippen molar-refractivity contribution < 1.29 is 20.8 Å². The number of hydrogen-bond acceptors (Lipinski definition) is 0. The summed E-state index contributed by atoms with van der Waals surface area (Å²) in [5.41, 5.74) is 11.1. The third-order valence-corrected chi connectivity index (χ3v) is 9.68. The van der Waals surface area contributed by atoms with Crippen LogP contribution in [0.3, 0.4) is 0 Å². The molecule has 0 nitrogen and oxygen atoms in total. The summed E-state index contributed by atoms with van der Waals surface area (Å²) in [4.78, 5) is 0. The molecule has 6 aromatic carbocycles. The maximum atomic E-state index is 4.93. The average molecular weight is 707 g/mol. The van der Waals surface area contributed by atoms with Gasteiger partial charge in [0.1, 0.15) is 0 Å². The Morgan fingerprint density at radius 1 is 0.773 bits per heavy atom. The van der Waals surface area contributed by atoms with Crippen molar-refractivity contribution in [2.45, 2.75) is 46.0 Å². The molecule has 0 saturated heterocycles. The Bertz CT molecular complexity index is 1760. The summed E-state index contributed by atoms with van der Waals surface area (Å²) in [5.74, 6) is 0.597. The summed E-state index contributed by atoms with van der Waals surface area (Å²) in [6.07, 6.45) is 3.44. The van der Waals surface area contributed by atoms with E-state index < -0.39 is 20.8 Å². The zero-order valence-electron chi connectivity index (χ0n) is 25.5. The molecule has 0 aliphatic carbocycles. The smallest absolute Gasteiger partial charge is 0.0920 e. The molecule has 1 unspecified atom stereocenters. The molecule has 0 spiro atoms. The van der Waals surface area contributed by atoms with E-state index in [1.165, 1.54) is 72.1 Å². The van der Waals surface area contributed by atoms with Crippen molar-refractivity contribution in [3.05, 3.63) is 139 Å².